The highest BCUT2D eigenvalue weighted by atomic mass is 16.5. The highest BCUT2D eigenvalue weighted by Crippen LogP contribution is 2.46. The van der Waals surface area contributed by atoms with E-state index in [0.717, 1.165) is 25.7 Å². The molecule has 0 aromatic carbocycles. The van der Waals surface area contributed by atoms with Crippen molar-refractivity contribution in [1.82, 2.24) is 9.97 Å². The SMILES string of the molecule is CCC1CCCC1(O)c1nccnc1OC. The van der Waals surface area contributed by atoms with Crippen LogP contribution < -0.4 is 4.74 Å². The summed E-state index contributed by atoms with van der Waals surface area (Å²) in [7, 11) is 1.56. The molecule has 0 saturated heterocycles. The quantitative estimate of drug-likeness (QED) is 0.848. The normalized spacial score (nSPS) is 29.3. The van der Waals surface area contributed by atoms with E-state index in [9.17, 15) is 5.11 Å². The maximum atomic E-state index is 10.8. The number of aliphatic hydroxyl groups is 1. The molecule has 1 aliphatic rings. The lowest BCUT2D eigenvalue weighted by atomic mass is 9.86. The molecular weight excluding hydrogens is 204 g/mol. The zero-order valence-electron chi connectivity index (χ0n) is 9.81. The van der Waals surface area contributed by atoms with Crippen molar-refractivity contribution in [3.63, 3.8) is 0 Å². The monoisotopic (exact) mass is 222 g/mol. The van der Waals surface area contributed by atoms with E-state index in [0.29, 0.717) is 11.6 Å². The van der Waals surface area contributed by atoms with Crippen LogP contribution in [0, 0.1) is 5.92 Å². The second-order valence-electron chi connectivity index (χ2n) is 4.34. The topological polar surface area (TPSA) is 55.2 Å². The minimum absolute atomic E-state index is 0.262. The molecule has 4 nitrogen and oxygen atoms in total. The van der Waals surface area contributed by atoms with Crippen molar-refractivity contribution < 1.29 is 9.84 Å². The maximum Gasteiger partial charge on any atom is 0.238 e. The molecule has 1 saturated carbocycles. The number of nitrogens with zero attached hydrogens (tertiary/aromatic N) is 2. The van der Waals surface area contributed by atoms with E-state index in [1.165, 1.54) is 0 Å². The number of hydrogen-bond acceptors (Lipinski definition) is 4. The van der Waals surface area contributed by atoms with Gasteiger partial charge in [-0.2, -0.15) is 0 Å². The van der Waals surface area contributed by atoms with Crippen molar-refractivity contribution in [2.75, 3.05) is 7.11 Å². The molecule has 1 aromatic rings. The molecule has 88 valence electrons. The number of aromatic nitrogens is 2. The van der Waals surface area contributed by atoms with Crippen molar-refractivity contribution >= 4 is 0 Å². The summed E-state index contributed by atoms with van der Waals surface area (Å²) < 4.78 is 5.18. The van der Waals surface area contributed by atoms with E-state index in [4.69, 9.17) is 4.74 Å². The summed E-state index contributed by atoms with van der Waals surface area (Å²) in [5, 5.41) is 10.8. The Kier molecular flexibility index (Phi) is 3.10. The van der Waals surface area contributed by atoms with Gasteiger partial charge in [0.25, 0.3) is 0 Å². The Labute approximate surface area is 95.7 Å². The number of hydrogen-bond donors (Lipinski definition) is 1. The molecule has 0 amide bonds. The van der Waals surface area contributed by atoms with Gasteiger partial charge in [-0.3, -0.25) is 4.98 Å². The molecule has 0 spiro atoms. The summed E-state index contributed by atoms with van der Waals surface area (Å²) in [5.41, 5.74) is -0.254. The van der Waals surface area contributed by atoms with Gasteiger partial charge < -0.3 is 9.84 Å². The fourth-order valence-electron chi connectivity index (χ4n) is 2.69. The van der Waals surface area contributed by atoms with Crippen LogP contribution in [-0.2, 0) is 5.60 Å². The van der Waals surface area contributed by atoms with Crippen molar-refractivity contribution in [2.24, 2.45) is 5.92 Å². The largest absolute Gasteiger partial charge is 0.480 e. The third-order valence-electron chi connectivity index (χ3n) is 3.55. The van der Waals surface area contributed by atoms with E-state index in [2.05, 4.69) is 16.9 Å². The summed E-state index contributed by atoms with van der Waals surface area (Å²) in [6.07, 6.45) is 6.99. The maximum absolute atomic E-state index is 10.8. The second kappa shape index (κ2) is 4.37. The van der Waals surface area contributed by atoms with Crippen molar-refractivity contribution in [1.29, 1.82) is 0 Å². The van der Waals surface area contributed by atoms with E-state index in [1.807, 2.05) is 0 Å². The summed E-state index contributed by atoms with van der Waals surface area (Å²) in [5.74, 6) is 0.712. The third kappa shape index (κ3) is 1.67. The molecule has 2 atom stereocenters. The smallest absolute Gasteiger partial charge is 0.238 e. The predicted octanol–water partition coefficient (Wildman–Crippen LogP) is 1.88. The highest BCUT2D eigenvalue weighted by molar-refractivity contribution is 5.26. The Bertz CT molecular complexity index is 370. The summed E-state index contributed by atoms with van der Waals surface area (Å²) in [6, 6.07) is 0. The van der Waals surface area contributed by atoms with Gasteiger partial charge in [-0.25, -0.2) is 4.98 Å². The Morgan fingerprint density at radius 2 is 2.25 bits per heavy atom. The minimum atomic E-state index is -0.853. The molecule has 4 heteroatoms. The van der Waals surface area contributed by atoms with Gasteiger partial charge in [-0.1, -0.05) is 13.3 Å². The zero-order valence-corrected chi connectivity index (χ0v) is 9.81. The first-order valence-electron chi connectivity index (χ1n) is 5.80. The van der Waals surface area contributed by atoms with Gasteiger partial charge in [-0.15, -0.1) is 0 Å². The molecule has 2 unspecified atom stereocenters. The van der Waals surface area contributed by atoms with Gasteiger partial charge >= 0.3 is 0 Å². The summed E-state index contributed by atoms with van der Waals surface area (Å²) in [4.78, 5) is 8.37. The predicted molar refractivity (Wildman–Crippen MR) is 60.1 cm³/mol. The molecule has 1 heterocycles. The molecule has 1 aliphatic carbocycles. The van der Waals surface area contributed by atoms with Crippen molar-refractivity contribution in [3.05, 3.63) is 18.1 Å². The Balaban J connectivity index is 2.41. The van der Waals surface area contributed by atoms with E-state index >= 15 is 0 Å². The van der Waals surface area contributed by atoms with Crippen LogP contribution in [0.4, 0.5) is 0 Å². The van der Waals surface area contributed by atoms with Crippen LogP contribution in [0.1, 0.15) is 38.3 Å². The molecule has 0 radical (unpaired) electrons. The molecular formula is C12H18N2O2. The van der Waals surface area contributed by atoms with Gasteiger partial charge in [0.05, 0.1) is 7.11 Å². The van der Waals surface area contributed by atoms with Crippen LogP contribution in [0.15, 0.2) is 12.4 Å². The van der Waals surface area contributed by atoms with E-state index in [-0.39, 0.29) is 5.92 Å². The molecule has 0 bridgehead atoms. The average molecular weight is 222 g/mol. The van der Waals surface area contributed by atoms with Crippen LogP contribution in [-0.4, -0.2) is 22.2 Å². The van der Waals surface area contributed by atoms with Gasteiger partial charge in [0.1, 0.15) is 11.3 Å². The van der Waals surface area contributed by atoms with Gasteiger partial charge in [-0.05, 0) is 25.2 Å². The van der Waals surface area contributed by atoms with Gasteiger partial charge in [0, 0.05) is 12.4 Å². The first-order chi connectivity index (χ1) is 7.72. The fraction of sp³-hybridized carbons (Fsp3) is 0.667. The van der Waals surface area contributed by atoms with Crippen LogP contribution in [0.2, 0.25) is 0 Å². The first-order valence-corrected chi connectivity index (χ1v) is 5.80. The van der Waals surface area contributed by atoms with Crippen LogP contribution in [0.3, 0.4) is 0 Å². The standard InChI is InChI=1S/C12H18N2O2/c1-3-9-5-4-6-12(9,15)10-11(16-2)14-8-7-13-10/h7-9,15H,3-6H2,1-2H3. The van der Waals surface area contributed by atoms with Gasteiger partial charge in [0.2, 0.25) is 5.88 Å². The molecule has 16 heavy (non-hydrogen) atoms. The Morgan fingerprint density at radius 3 is 2.94 bits per heavy atom. The fourth-order valence-corrected chi connectivity index (χ4v) is 2.69. The lowest BCUT2D eigenvalue weighted by molar-refractivity contribution is -0.0106. The average Bonchev–Trinajstić information content (AvgIpc) is 2.71. The molecule has 1 aromatic heterocycles. The zero-order chi connectivity index (χ0) is 11.6. The van der Waals surface area contributed by atoms with E-state index in [1.54, 1.807) is 19.5 Å². The third-order valence-corrected chi connectivity index (χ3v) is 3.55. The van der Waals surface area contributed by atoms with Crippen LogP contribution in [0.5, 0.6) is 5.88 Å². The first kappa shape index (κ1) is 11.3. The van der Waals surface area contributed by atoms with Gasteiger partial charge in [0.15, 0.2) is 0 Å². The highest BCUT2D eigenvalue weighted by Gasteiger charge is 2.44. The lowest BCUT2D eigenvalue weighted by Crippen LogP contribution is -2.31. The Hall–Kier alpha value is -1.16. The number of methoxy groups -OCH3 is 1. The van der Waals surface area contributed by atoms with Crippen molar-refractivity contribution in [2.45, 2.75) is 38.2 Å². The second-order valence-corrected chi connectivity index (χ2v) is 4.34. The number of ether oxygens (including phenoxy) is 1. The summed E-state index contributed by atoms with van der Waals surface area (Å²) >= 11 is 0. The summed E-state index contributed by atoms with van der Waals surface area (Å²) in [6.45, 7) is 2.10. The Morgan fingerprint density at radius 1 is 1.50 bits per heavy atom. The molecule has 1 N–H and O–H groups in total. The molecule has 1 fully saturated rings. The van der Waals surface area contributed by atoms with Crippen LogP contribution in [0.25, 0.3) is 0 Å². The van der Waals surface area contributed by atoms with Crippen LogP contribution >= 0.6 is 0 Å². The van der Waals surface area contributed by atoms with E-state index < -0.39 is 5.60 Å². The molecule has 0 aliphatic heterocycles. The molecule has 2 rings (SSSR count). The minimum Gasteiger partial charge on any atom is -0.480 e. The number of rotatable bonds is 3. The lowest BCUT2D eigenvalue weighted by Gasteiger charge is -2.29. The van der Waals surface area contributed by atoms with Crippen molar-refractivity contribution in [3.8, 4) is 5.88 Å².